The lowest BCUT2D eigenvalue weighted by molar-refractivity contribution is -0.119. The van der Waals surface area contributed by atoms with E-state index in [0.29, 0.717) is 28.7 Å². The van der Waals surface area contributed by atoms with Crippen molar-refractivity contribution < 1.29 is 9.59 Å². The van der Waals surface area contributed by atoms with E-state index in [1.165, 1.54) is 0 Å². The molecule has 0 spiro atoms. The number of anilines is 2. The van der Waals surface area contributed by atoms with Crippen LogP contribution in [0.25, 0.3) is 0 Å². The molecule has 0 aromatic heterocycles. The Labute approximate surface area is 222 Å². The Kier molecular flexibility index (Phi) is 7.65. The number of nitrogens with one attached hydrogen (secondary N) is 2. The monoisotopic (exact) mass is 515 g/mol. The lowest BCUT2D eigenvalue weighted by Gasteiger charge is -2.23. The van der Waals surface area contributed by atoms with Gasteiger partial charge in [0, 0.05) is 36.5 Å². The maximum absolute atomic E-state index is 13.1. The highest BCUT2D eigenvalue weighted by atomic mass is 35.5. The van der Waals surface area contributed by atoms with Crippen LogP contribution >= 0.6 is 11.6 Å². The van der Waals surface area contributed by atoms with E-state index >= 15 is 0 Å². The van der Waals surface area contributed by atoms with Crippen LogP contribution in [0.5, 0.6) is 0 Å². The molecular weight excluding hydrogens is 486 g/mol. The highest BCUT2D eigenvalue weighted by Crippen LogP contribution is 2.37. The van der Waals surface area contributed by atoms with Gasteiger partial charge < -0.3 is 15.5 Å². The van der Waals surface area contributed by atoms with Gasteiger partial charge in [0.25, 0.3) is 0 Å². The highest BCUT2D eigenvalue weighted by molar-refractivity contribution is 6.31. The molecule has 0 radical (unpaired) electrons. The highest BCUT2D eigenvalue weighted by Gasteiger charge is 2.35. The third-order valence-electron chi connectivity index (χ3n) is 6.84. The van der Waals surface area contributed by atoms with Gasteiger partial charge in [-0.1, -0.05) is 48.0 Å². The Hall–Kier alpha value is -3.52. The molecule has 3 aromatic rings. The second-order valence-electron chi connectivity index (χ2n) is 9.37. The summed E-state index contributed by atoms with van der Waals surface area (Å²) in [6.07, 6.45) is 1.05. The van der Waals surface area contributed by atoms with Crippen LogP contribution in [0.4, 0.5) is 17.1 Å². The van der Waals surface area contributed by atoms with Crippen LogP contribution in [0.3, 0.4) is 0 Å². The van der Waals surface area contributed by atoms with E-state index in [1.54, 1.807) is 24.1 Å². The van der Waals surface area contributed by atoms with Gasteiger partial charge in [-0.3, -0.25) is 19.5 Å². The number of carbonyl (C=O) groups excluding carboxylic acids is 2. The smallest absolute Gasteiger partial charge is 0.240 e. The van der Waals surface area contributed by atoms with E-state index in [4.69, 9.17) is 16.6 Å². The van der Waals surface area contributed by atoms with Gasteiger partial charge in [0.15, 0.2) is 0 Å². The van der Waals surface area contributed by atoms with Crippen LogP contribution in [0, 0.1) is 0 Å². The summed E-state index contributed by atoms with van der Waals surface area (Å²) in [5, 5.41) is 6.88. The number of carbonyl (C=O) groups is 2. The minimum absolute atomic E-state index is 0.0565. The van der Waals surface area contributed by atoms with Gasteiger partial charge in [-0.05, 0) is 67.0 Å². The molecular formula is C29H30ClN5O2. The molecule has 1 unspecified atom stereocenters. The number of halogens is 1. The van der Waals surface area contributed by atoms with Crippen molar-refractivity contribution >= 4 is 46.2 Å². The number of benzene rings is 3. The van der Waals surface area contributed by atoms with Gasteiger partial charge >= 0.3 is 0 Å². The number of fused-ring (bicyclic) bond motifs is 1. The topological polar surface area (TPSA) is 77.0 Å². The van der Waals surface area contributed by atoms with Gasteiger partial charge in [-0.15, -0.1) is 0 Å². The molecule has 2 amide bonds. The van der Waals surface area contributed by atoms with Crippen molar-refractivity contribution in [2.75, 3.05) is 50.0 Å². The van der Waals surface area contributed by atoms with Crippen molar-refractivity contribution in [1.82, 2.24) is 10.2 Å². The first-order chi connectivity index (χ1) is 18.0. The molecule has 190 valence electrons. The molecule has 1 atom stereocenters. The Morgan fingerprint density at radius 3 is 2.62 bits per heavy atom. The van der Waals surface area contributed by atoms with Gasteiger partial charge in [0.2, 0.25) is 11.8 Å². The quantitative estimate of drug-likeness (QED) is 0.475. The first-order valence-electron chi connectivity index (χ1n) is 12.5. The van der Waals surface area contributed by atoms with Crippen LogP contribution < -0.4 is 15.5 Å². The van der Waals surface area contributed by atoms with E-state index in [-0.39, 0.29) is 11.8 Å². The molecule has 3 aromatic carbocycles. The molecule has 2 heterocycles. The minimum atomic E-state index is -0.554. The first-order valence-corrected chi connectivity index (χ1v) is 12.9. The molecule has 0 bridgehead atoms. The summed E-state index contributed by atoms with van der Waals surface area (Å²) < 4.78 is 0. The number of hydrogen-bond donors (Lipinski definition) is 2. The van der Waals surface area contributed by atoms with E-state index in [9.17, 15) is 9.59 Å². The number of hydrogen-bond acceptors (Lipinski definition) is 5. The Bertz CT molecular complexity index is 1300. The van der Waals surface area contributed by atoms with E-state index in [1.807, 2.05) is 60.7 Å². The van der Waals surface area contributed by atoms with Crippen molar-refractivity contribution in [3.63, 3.8) is 0 Å². The molecule has 7 nitrogen and oxygen atoms in total. The van der Waals surface area contributed by atoms with Crippen LogP contribution in [0.2, 0.25) is 5.02 Å². The average molecular weight is 516 g/mol. The number of amides is 2. The maximum atomic E-state index is 13.1. The summed E-state index contributed by atoms with van der Waals surface area (Å²) in [7, 11) is 1.80. The summed E-state index contributed by atoms with van der Waals surface area (Å²) in [6.45, 7) is 4.10. The first kappa shape index (κ1) is 25.1. The second kappa shape index (κ2) is 11.3. The third-order valence-corrected chi connectivity index (χ3v) is 7.08. The Balaban J connectivity index is 1.40. The van der Waals surface area contributed by atoms with Crippen molar-refractivity contribution in [3.8, 4) is 0 Å². The number of likely N-dealkylation sites (N-methyl/N-ethyl adjacent to an activating group) is 1. The number of rotatable bonds is 6. The summed E-state index contributed by atoms with van der Waals surface area (Å²) >= 11 is 6.15. The van der Waals surface area contributed by atoms with Crippen LogP contribution in [-0.4, -0.2) is 62.2 Å². The minimum Gasteiger partial charge on any atom is -0.325 e. The summed E-state index contributed by atoms with van der Waals surface area (Å²) in [4.78, 5) is 34.8. The predicted octanol–water partition coefficient (Wildman–Crippen LogP) is 4.45. The zero-order valence-electron chi connectivity index (χ0n) is 20.8. The zero-order chi connectivity index (χ0) is 25.8. The zero-order valence-corrected chi connectivity index (χ0v) is 21.5. The van der Waals surface area contributed by atoms with E-state index < -0.39 is 5.92 Å². The molecule has 2 N–H and O–H groups in total. The predicted molar refractivity (Wildman–Crippen MR) is 149 cm³/mol. The average Bonchev–Trinajstić information content (AvgIpc) is 3.05. The molecule has 0 saturated carbocycles. The maximum Gasteiger partial charge on any atom is 0.240 e. The number of nitrogens with zero attached hydrogens (tertiary/aromatic N) is 3. The fraction of sp³-hybridized carbons (Fsp3) is 0.276. The molecule has 8 heteroatoms. The van der Waals surface area contributed by atoms with Crippen LogP contribution in [-0.2, 0) is 9.59 Å². The van der Waals surface area contributed by atoms with Gasteiger partial charge in [0.05, 0.1) is 17.9 Å². The summed E-state index contributed by atoms with van der Waals surface area (Å²) in [6, 6.07) is 22.7. The number of aliphatic imine (C=N–C) groups is 1. The van der Waals surface area contributed by atoms with Crippen molar-refractivity contribution in [1.29, 1.82) is 0 Å². The van der Waals surface area contributed by atoms with E-state index in [0.717, 1.165) is 49.4 Å². The van der Waals surface area contributed by atoms with Crippen molar-refractivity contribution in [2.45, 2.75) is 12.3 Å². The second-order valence-corrected chi connectivity index (χ2v) is 9.80. The van der Waals surface area contributed by atoms with Crippen molar-refractivity contribution in [3.05, 3.63) is 88.9 Å². The lowest BCUT2D eigenvalue weighted by atomic mass is 9.90. The van der Waals surface area contributed by atoms with Crippen molar-refractivity contribution in [2.24, 2.45) is 4.99 Å². The fourth-order valence-electron chi connectivity index (χ4n) is 4.80. The van der Waals surface area contributed by atoms with Crippen LogP contribution in [0.1, 0.15) is 23.5 Å². The molecule has 37 heavy (non-hydrogen) atoms. The normalized spacial score (nSPS) is 18.2. The SMILES string of the molecule is CN(C(=O)CN1CCCNCC1)c1ccc(N=C(c2ccccc2)C2C(=O)Nc3cc(Cl)ccc32)cc1. The Morgan fingerprint density at radius 1 is 1.05 bits per heavy atom. The molecule has 1 saturated heterocycles. The lowest BCUT2D eigenvalue weighted by Crippen LogP contribution is -2.39. The largest absolute Gasteiger partial charge is 0.325 e. The summed E-state index contributed by atoms with van der Waals surface area (Å²) in [5.74, 6) is -0.631. The van der Waals surface area contributed by atoms with Crippen LogP contribution in [0.15, 0.2) is 77.8 Å². The fourth-order valence-corrected chi connectivity index (χ4v) is 4.97. The molecule has 2 aliphatic rings. The standard InChI is InChI=1S/C29H30ClN5O2/c1-34(26(36)19-35-16-5-14-31-15-17-35)23-11-9-22(10-12-23)32-28(20-6-3-2-4-7-20)27-24-13-8-21(30)18-25(24)33-29(27)37/h2-4,6-13,18,27,31H,5,14-17,19H2,1H3,(H,33,37). The van der Waals surface area contributed by atoms with E-state index in [2.05, 4.69) is 15.5 Å². The Morgan fingerprint density at radius 2 is 1.84 bits per heavy atom. The molecule has 1 fully saturated rings. The van der Waals surface area contributed by atoms with Gasteiger partial charge in [0.1, 0.15) is 5.92 Å². The molecule has 5 rings (SSSR count). The third kappa shape index (κ3) is 5.74. The summed E-state index contributed by atoms with van der Waals surface area (Å²) in [5.41, 5.74) is 4.60. The van der Waals surface area contributed by atoms with Gasteiger partial charge in [-0.2, -0.15) is 0 Å². The molecule has 0 aliphatic carbocycles. The van der Waals surface area contributed by atoms with Gasteiger partial charge in [-0.25, -0.2) is 0 Å². The molecule has 2 aliphatic heterocycles.